The third-order valence-electron chi connectivity index (χ3n) is 6.92. The predicted octanol–water partition coefficient (Wildman–Crippen LogP) is 3.81. The lowest BCUT2D eigenvalue weighted by Gasteiger charge is -2.27. The smallest absolute Gasteiger partial charge is 0.408 e. The van der Waals surface area contributed by atoms with E-state index in [4.69, 9.17) is 9.47 Å². The number of nitrogens with zero attached hydrogens (tertiary/aromatic N) is 3. The average molecular weight is 490 g/mol. The number of alkyl carbamates (subject to hydrolysis) is 1. The van der Waals surface area contributed by atoms with Crippen LogP contribution in [-0.4, -0.2) is 46.0 Å². The van der Waals surface area contributed by atoms with Crippen LogP contribution in [-0.2, 0) is 9.53 Å². The zero-order valence-electron chi connectivity index (χ0n) is 19.7. The number of rotatable bonds is 10. The number of anilines is 1. The summed E-state index contributed by atoms with van der Waals surface area (Å²) in [4.78, 5) is 29.6. The van der Waals surface area contributed by atoms with Gasteiger partial charge in [-0.05, 0) is 69.3 Å². The molecule has 2 unspecified atom stereocenters. The van der Waals surface area contributed by atoms with Crippen LogP contribution >= 0.6 is 0 Å². The van der Waals surface area contributed by atoms with E-state index in [2.05, 4.69) is 20.7 Å². The van der Waals surface area contributed by atoms with Gasteiger partial charge in [-0.1, -0.05) is 0 Å². The number of halogens is 2. The maximum absolute atomic E-state index is 15.3. The number of aromatic nitrogens is 3. The van der Waals surface area contributed by atoms with E-state index in [9.17, 15) is 14.0 Å². The number of carbonyl (C=O) groups is 2. The summed E-state index contributed by atoms with van der Waals surface area (Å²) in [6, 6.07) is -0.377. The van der Waals surface area contributed by atoms with Crippen LogP contribution in [0.3, 0.4) is 0 Å². The third kappa shape index (κ3) is 5.23. The first kappa shape index (κ1) is 23.5. The second-order valence-electron chi connectivity index (χ2n) is 9.69. The van der Waals surface area contributed by atoms with Crippen molar-refractivity contribution in [2.24, 2.45) is 17.8 Å². The fourth-order valence-electron chi connectivity index (χ4n) is 4.68. The molecule has 2 atom stereocenters. The van der Waals surface area contributed by atoms with Crippen LogP contribution in [0.15, 0.2) is 18.5 Å². The molecule has 9 nitrogen and oxygen atoms in total. The second kappa shape index (κ2) is 9.43. The van der Waals surface area contributed by atoms with Gasteiger partial charge in [0.25, 0.3) is 0 Å². The van der Waals surface area contributed by atoms with E-state index in [1.165, 1.54) is 19.4 Å². The van der Waals surface area contributed by atoms with Gasteiger partial charge >= 0.3 is 6.09 Å². The Morgan fingerprint density at radius 2 is 1.80 bits per heavy atom. The molecule has 35 heavy (non-hydrogen) atoms. The Balaban J connectivity index is 1.35. The molecule has 2 N–H and O–H groups in total. The summed E-state index contributed by atoms with van der Waals surface area (Å²) in [5.41, 5.74) is 0.176. The van der Waals surface area contributed by atoms with Gasteiger partial charge < -0.3 is 20.1 Å². The van der Waals surface area contributed by atoms with Crippen molar-refractivity contribution in [3.63, 3.8) is 0 Å². The van der Waals surface area contributed by atoms with Gasteiger partial charge in [-0.3, -0.25) is 4.79 Å². The van der Waals surface area contributed by atoms with Crippen molar-refractivity contribution in [3.05, 3.63) is 35.8 Å². The van der Waals surface area contributed by atoms with Gasteiger partial charge in [-0.25, -0.2) is 18.9 Å². The van der Waals surface area contributed by atoms with Crippen molar-refractivity contribution < 1.29 is 27.8 Å². The van der Waals surface area contributed by atoms with Crippen LogP contribution < -0.4 is 15.4 Å². The van der Waals surface area contributed by atoms with Crippen LogP contribution in [0.25, 0.3) is 0 Å². The average Bonchev–Trinajstić information content (AvgIpc) is 3.68. The molecule has 11 heteroatoms. The van der Waals surface area contributed by atoms with Crippen molar-refractivity contribution in [1.29, 1.82) is 0 Å². The first-order chi connectivity index (χ1) is 16.9. The number of carbonyl (C=O) groups excluding carboxylic acids is 2. The van der Waals surface area contributed by atoms with Crippen LogP contribution in [0, 0.1) is 29.5 Å². The van der Waals surface area contributed by atoms with Crippen molar-refractivity contribution in [2.45, 2.75) is 63.6 Å². The standard InChI is InChI=1S/C24H29F2N5O4/c1-12(17-9-15(25)10-27-23(17)34-2)31-21(26)18(11-28-31)29-22(32)20(30-24(33)35-16-7-8-16)19(13-3-4-13)14-5-6-14/h9-14,16,19-20H,3-8H2,1-2H3,(H,29,32)(H,30,33). The van der Waals surface area contributed by atoms with Crippen LogP contribution in [0.2, 0.25) is 0 Å². The molecular formula is C24H29F2N5O4. The Bertz CT molecular complexity index is 1100. The predicted molar refractivity (Wildman–Crippen MR) is 121 cm³/mol. The van der Waals surface area contributed by atoms with E-state index in [0.29, 0.717) is 17.4 Å². The van der Waals surface area contributed by atoms with E-state index in [0.717, 1.165) is 49.4 Å². The lowest BCUT2D eigenvalue weighted by Crippen LogP contribution is -2.50. The molecule has 3 aliphatic rings. The zero-order chi connectivity index (χ0) is 24.7. The minimum atomic E-state index is -0.825. The number of hydrogen-bond acceptors (Lipinski definition) is 6. The van der Waals surface area contributed by atoms with Gasteiger partial charge in [0.05, 0.1) is 25.5 Å². The van der Waals surface area contributed by atoms with Gasteiger partial charge in [-0.2, -0.15) is 9.49 Å². The highest BCUT2D eigenvalue weighted by Gasteiger charge is 2.49. The van der Waals surface area contributed by atoms with Crippen molar-refractivity contribution >= 4 is 17.7 Å². The summed E-state index contributed by atoms with van der Waals surface area (Å²) in [6.45, 7) is 1.62. The highest BCUT2D eigenvalue weighted by Crippen LogP contribution is 2.51. The number of methoxy groups -OCH3 is 1. The van der Waals surface area contributed by atoms with E-state index in [-0.39, 0.29) is 23.6 Å². The minimum Gasteiger partial charge on any atom is -0.481 e. The maximum atomic E-state index is 15.3. The van der Waals surface area contributed by atoms with Crippen molar-refractivity contribution in [3.8, 4) is 5.88 Å². The van der Waals surface area contributed by atoms with Crippen LogP contribution in [0.1, 0.15) is 57.1 Å². The molecule has 0 spiro atoms. The Morgan fingerprint density at radius 1 is 1.11 bits per heavy atom. The molecule has 3 saturated carbocycles. The second-order valence-corrected chi connectivity index (χ2v) is 9.69. The summed E-state index contributed by atoms with van der Waals surface area (Å²) in [6.07, 6.45) is 7.20. The molecule has 2 aromatic rings. The topological polar surface area (TPSA) is 107 Å². The molecular weight excluding hydrogens is 460 g/mol. The third-order valence-corrected chi connectivity index (χ3v) is 6.92. The highest BCUT2D eigenvalue weighted by molar-refractivity contribution is 5.96. The summed E-state index contributed by atoms with van der Waals surface area (Å²) in [7, 11) is 1.39. The first-order valence-electron chi connectivity index (χ1n) is 12.1. The van der Waals surface area contributed by atoms with Gasteiger partial charge in [0.15, 0.2) is 0 Å². The number of hydrogen-bond donors (Lipinski definition) is 2. The van der Waals surface area contributed by atoms with Crippen molar-refractivity contribution in [1.82, 2.24) is 20.1 Å². The molecule has 188 valence electrons. The fraction of sp³-hybridized carbons (Fsp3) is 0.583. The van der Waals surface area contributed by atoms with E-state index in [1.807, 2.05) is 0 Å². The van der Waals surface area contributed by atoms with Gasteiger partial charge in [-0.15, -0.1) is 0 Å². The highest BCUT2D eigenvalue weighted by atomic mass is 19.1. The summed E-state index contributed by atoms with van der Waals surface area (Å²) in [5.74, 6) is -1.04. The molecule has 3 fully saturated rings. The Hall–Kier alpha value is -3.24. The van der Waals surface area contributed by atoms with Crippen molar-refractivity contribution in [2.75, 3.05) is 12.4 Å². The van der Waals surface area contributed by atoms with Gasteiger partial charge in [0, 0.05) is 5.56 Å². The van der Waals surface area contributed by atoms with Crippen LogP contribution in [0.5, 0.6) is 5.88 Å². The number of nitrogens with one attached hydrogen (secondary N) is 2. The largest absolute Gasteiger partial charge is 0.481 e. The normalized spacial score (nSPS) is 19.2. The number of ether oxygens (including phenoxy) is 2. The van der Waals surface area contributed by atoms with Crippen LogP contribution in [0.4, 0.5) is 19.3 Å². The summed E-state index contributed by atoms with van der Waals surface area (Å²) in [5, 5.41) is 9.43. The first-order valence-corrected chi connectivity index (χ1v) is 12.1. The number of amides is 2. The Morgan fingerprint density at radius 3 is 2.40 bits per heavy atom. The number of pyridine rings is 1. The molecule has 0 aliphatic heterocycles. The molecule has 2 aromatic heterocycles. The molecule has 0 saturated heterocycles. The Kier molecular flexibility index (Phi) is 6.33. The summed E-state index contributed by atoms with van der Waals surface area (Å²) >= 11 is 0. The lowest BCUT2D eigenvalue weighted by molar-refractivity contribution is -0.119. The Labute approximate surface area is 201 Å². The van der Waals surface area contributed by atoms with E-state index < -0.39 is 35.8 Å². The maximum Gasteiger partial charge on any atom is 0.408 e. The monoisotopic (exact) mass is 489 g/mol. The molecule has 0 radical (unpaired) electrons. The molecule has 0 bridgehead atoms. The molecule has 0 aromatic carbocycles. The molecule has 2 amide bonds. The molecule has 3 aliphatic carbocycles. The van der Waals surface area contributed by atoms with E-state index >= 15 is 4.39 Å². The summed E-state index contributed by atoms with van der Waals surface area (Å²) < 4.78 is 40.6. The quantitative estimate of drug-likeness (QED) is 0.526. The van der Waals surface area contributed by atoms with Gasteiger partial charge in [0.1, 0.15) is 23.7 Å². The minimum absolute atomic E-state index is 0.0126. The fourth-order valence-corrected chi connectivity index (χ4v) is 4.68. The molecule has 2 heterocycles. The van der Waals surface area contributed by atoms with E-state index in [1.54, 1.807) is 6.92 Å². The van der Waals surface area contributed by atoms with Gasteiger partial charge in [0.2, 0.25) is 17.7 Å². The molecule has 5 rings (SSSR count). The lowest BCUT2D eigenvalue weighted by atomic mass is 9.89. The zero-order valence-corrected chi connectivity index (χ0v) is 19.7. The SMILES string of the molecule is COc1ncc(F)cc1C(C)n1ncc(NC(=O)C(NC(=O)OC2CC2)C(C2CC2)C2CC2)c1F.